The lowest BCUT2D eigenvalue weighted by Crippen LogP contribution is -2.22. The highest BCUT2D eigenvalue weighted by molar-refractivity contribution is 7.07. The van der Waals surface area contributed by atoms with Crippen molar-refractivity contribution in [3.63, 3.8) is 0 Å². The first kappa shape index (κ1) is 13.3. The van der Waals surface area contributed by atoms with Crippen LogP contribution >= 0.6 is 11.3 Å². The van der Waals surface area contributed by atoms with Gasteiger partial charge < -0.3 is 10.4 Å². The van der Waals surface area contributed by atoms with Gasteiger partial charge in [-0.05, 0) is 28.5 Å². The summed E-state index contributed by atoms with van der Waals surface area (Å²) < 4.78 is 0. The molecule has 0 aliphatic rings. The SMILES string of the molecule is O=C(NCc1ccsc1)c1cncc(C#CCO)c1. The summed E-state index contributed by atoms with van der Waals surface area (Å²) in [6.45, 7) is 0.281. The van der Waals surface area contributed by atoms with Crippen LogP contribution in [0, 0.1) is 11.8 Å². The van der Waals surface area contributed by atoms with Crippen LogP contribution in [0.3, 0.4) is 0 Å². The largest absolute Gasteiger partial charge is 0.384 e. The summed E-state index contributed by atoms with van der Waals surface area (Å²) in [6.07, 6.45) is 3.05. The Balaban J connectivity index is 2.02. The van der Waals surface area contributed by atoms with Gasteiger partial charge >= 0.3 is 0 Å². The number of amides is 1. The van der Waals surface area contributed by atoms with E-state index in [0.717, 1.165) is 5.56 Å². The molecule has 0 saturated carbocycles. The molecule has 2 aromatic heterocycles. The second-order valence-corrected chi connectivity index (χ2v) is 4.52. The van der Waals surface area contributed by atoms with Crippen LogP contribution in [0.4, 0.5) is 0 Å². The molecular weight excluding hydrogens is 260 g/mol. The lowest BCUT2D eigenvalue weighted by Gasteiger charge is -2.03. The first-order valence-corrected chi connectivity index (χ1v) is 6.58. The van der Waals surface area contributed by atoms with Crippen LogP contribution in [0.5, 0.6) is 0 Å². The van der Waals surface area contributed by atoms with E-state index in [-0.39, 0.29) is 12.5 Å². The molecule has 19 heavy (non-hydrogen) atoms. The number of nitrogens with zero attached hydrogens (tertiary/aromatic N) is 1. The van der Waals surface area contributed by atoms with Crippen molar-refractivity contribution in [2.45, 2.75) is 6.54 Å². The topological polar surface area (TPSA) is 62.2 Å². The van der Waals surface area contributed by atoms with Crippen LogP contribution in [0.15, 0.2) is 35.3 Å². The molecule has 0 aliphatic carbocycles. The maximum atomic E-state index is 11.9. The minimum Gasteiger partial charge on any atom is -0.384 e. The van der Waals surface area contributed by atoms with E-state index in [0.29, 0.717) is 17.7 Å². The van der Waals surface area contributed by atoms with E-state index in [4.69, 9.17) is 5.11 Å². The van der Waals surface area contributed by atoms with E-state index in [1.165, 1.54) is 6.20 Å². The van der Waals surface area contributed by atoms with Gasteiger partial charge in [-0.3, -0.25) is 9.78 Å². The second kappa shape index (κ2) is 6.69. The van der Waals surface area contributed by atoms with Crippen molar-refractivity contribution < 1.29 is 9.90 Å². The lowest BCUT2D eigenvalue weighted by molar-refractivity contribution is 0.0950. The fourth-order valence-corrected chi connectivity index (χ4v) is 2.12. The van der Waals surface area contributed by atoms with Gasteiger partial charge in [0.05, 0.1) is 5.56 Å². The number of thiophene rings is 1. The molecule has 0 unspecified atom stereocenters. The Morgan fingerprint density at radius 3 is 3.11 bits per heavy atom. The molecule has 0 aromatic carbocycles. The smallest absolute Gasteiger partial charge is 0.253 e. The normalized spacial score (nSPS) is 9.53. The third-order valence-corrected chi connectivity index (χ3v) is 3.08. The first-order valence-electron chi connectivity index (χ1n) is 5.63. The lowest BCUT2D eigenvalue weighted by atomic mass is 10.2. The second-order valence-electron chi connectivity index (χ2n) is 3.74. The minimum atomic E-state index is -0.214. The van der Waals surface area contributed by atoms with Crippen molar-refractivity contribution in [3.05, 3.63) is 52.0 Å². The van der Waals surface area contributed by atoms with Crippen LogP contribution in [-0.4, -0.2) is 22.6 Å². The first-order chi connectivity index (χ1) is 9.29. The quantitative estimate of drug-likeness (QED) is 0.831. The van der Waals surface area contributed by atoms with Gasteiger partial charge in [-0.1, -0.05) is 11.8 Å². The monoisotopic (exact) mass is 272 g/mol. The Kier molecular flexibility index (Phi) is 4.67. The number of hydrogen-bond acceptors (Lipinski definition) is 4. The highest BCUT2D eigenvalue weighted by Gasteiger charge is 2.06. The standard InChI is InChI=1S/C14H12N2O2S/c17-4-1-2-11-6-13(9-15-7-11)14(18)16-8-12-3-5-19-10-12/h3,5-7,9-10,17H,4,8H2,(H,16,18). The molecule has 0 radical (unpaired) electrons. The number of rotatable bonds is 3. The van der Waals surface area contributed by atoms with Gasteiger partial charge in [0.15, 0.2) is 0 Å². The molecule has 0 aliphatic heterocycles. The zero-order valence-electron chi connectivity index (χ0n) is 10.1. The fourth-order valence-electron chi connectivity index (χ4n) is 1.45. The minimum absolute atomic E-state index is 0.189. The van der Waals surface area contributed by atoms with Crippen LogP contribution < -0.4 is 5.32 Å². The average molecular weight is 272 g/mol. The highest BCUT2D eigenvalue weighted by atomic mass is 32.1. The van der Waals surface area contributed by atoms with Gasteiger partial charge in [-0.15, -0.1) is 0 Å². The molecule has 2 heterocycles. The number of aliphatic hydroxyl groups excluding tert-OH is 1. The predicted molar refractivity (Wildman–Crippen MR) is 73.7 cm³/mol. The maximum absolute atomic E-state index is 11.9. The van der Waals surface area contributed by atoms with Gasteiger partial charge in [0.25, 0.3) is 5.91 Å². The number of aromatic nitrogens is 1. The summed E-state index contributed by atoms with van der Waals surface area (Å²) in [5, 5.41) is 15.4. The molecule has 0 bridgehead atoms. The van der Waals surface area contributed by atoms with E-state index < -0.39 is 0 Å². The third kappa shape index (κ3) is 3.91. The molecule has 2 aromatic rings. The Morgan fingerprint density at radius 2 is 2.37 bits per heavy atom. The van der Waals surface area contributed by atoms with Crippen LogP contribution in [0.25, 0.3) is 0 Å². The molecule has 0 atom stereocenters. The number of aliphatic hydroxyl groups is 1. The molecule has 2 N–H and O–H groups in total. The summed E-state index contributed by atoms with van der Waals surface area (Å²) in [5.74, 6) is 5.05. The number of carbonyl (C=O) groups excluding carboxylic acids is 1. The fraction of sp³-hybridized carbons (Fsp3) is 0.143. The van der Waals surface area contributed by atoms with Gasteiger partial charge in [-0.2, -0.15) is 11.3 Å². The van der Waals surface area contributed by atoms with E-state index in [2.05, 4.69) is 22.1 Å². The Hall–Kier alpha value is -2.16. The molecule has 0 saturated heterocycles. The number of carbonyl (C=O) groups is 1. The van der Waals surface area contributed by atoms with Gasteiger partial charge in [-0.25, -0.2) is 0 Å². The predicted octanol–water partition coefficient (Wildman–Crippen LogP) is 1.42. The van der Waals surface area contributed by atoms with E-state index in [1.807, 2.05) is 16.8 Å². The van der Waals surface area contributed by atoms with E-state index in [9.17, 15) is 4.79 Å². The van der Waals surface area contributed by atoms with Crippen molar-refractivity contribution in [1.82, 2.24) is 10.3 Å². The van der Waals surface area contributed by atoms with Crippen LogP contribution in [0.1, 0.15) is 21.5 Å². The Morgan fingerprint density at radius 1 is 1.47 bits per heavy atom. The van der Waals surface area contributed by atoms with Gasteiger partial charge in [0, 0.05) is 24.5 Å². The highest BCUT2D eigenvalue weighted by Crippen LogP contribution is 2.06. The van der Waals surface area contributed by atoms with Crippen LogP contribution in [0.2, 0.25) is 0 Å². The van der Waals surface area contributed by atoms with Crippen LogP contribution in [-0.2, 0) is 6.54 Å². The zero-order valence-corrected chi connectivity index (χ0v) is 10.9. The Bertz CT molecular complexity index is 612. The summed E-state index contributed by atoms with van der Waals surface area (Å²) in [4.78, 5) is 15.9. The van der Waals surface area contributed by atoms with Crippen molar-refractivity contribution >= 4 is 17.2 Å². The number of pyridine rings is 1. The summed E-state index contributed by atoms with van der Waals surface area (Å²) in [5.41, 5.74) is 2.14. The van der Waals surface area contributed by atoms with Gasteiger partial charge in [0.2, 0.25) is 0 Å². The molecule has 0 fully saturated rings. The van der Waals surface area contributed by atoms with E-state index in [1.54, 1.807) is 23.6 Å². The van der Waals surface area contributed by atoms with Crippen molar-refractivity contribution in [2.24, 2.45) is 0 Å². The average Bonchev–Trinajstić information content (AvgIpc) is 2.96. The molecule has 1 amide bonds. The number of hydrogen-bond donors (Lipinski definition) is 2. The molecule has 2 rings (SSSR count). The maximum Gasteiger partial charge on any atom is 0.253 e. The van der Waals surface area contributed by atoms with Crippen molar-refractivity contribution in [3.8, 4) is 11.8 Å². The summed E-state index contributed by atoms with van der Waals surface area (Å²) in [6, 6.07) is 3.62. The molecule has 96 valence electrons. The summed E-state index contributed by atoms with van der Waals surface area (Å²) >= 11 is 1.59. The van der Waals surface area contributed by atoms with E-state index >= 15 is 0 Å². The van der Waals surface area contributed by atoms with Crippen molar-refractivity contribution in [1.29, 1.82) is 0 Å². The Labute approximate surface area is 115 Å². The molecule has 0 spiro atoms. The molecule has 5 heteroatoms. The third-order valence-electron chi connectivity index (χ3n) is 2.35. The number of nitrogens with one attached hydrogen (secondary N) is 1. The van der Waals surface area contributed by atoms with Gasteiger partial charge in [0.1, 0.15) is 6.61 Å². The molecular formula is C14H12N2O2S. The zero-order chi connectivity index (χ0) is 13.5. The summed E-state index contributed by atoms with van der Waals surface area (Å²) in [7, 11) is 0. The molecule has 4 nitrogen and oxygen atoms in total. The van der Waals surface area contributed by atoms with Crippen molar-refractivity contribution in [2.75, 3.05) is 6.61 Å².